The van der Waals surface area contributed by atoms with E-state index in [4.69, 9.17) is 4.74 Å². The number of anilines is 1. The van der Waals surface area contributed by atoms with Crippen LogP contribution in [0.5, 0.6) is 5.75 Å². The number of nitrogens with zero attached hydrogens (tertiary/aromatic N) is 1. The van der Waals surface area contributed by atoms with E-state index in [1.54, 1.807) is 38.4 Å². The summed E-state index contributed by atoms with van der Waals surface area (Å²) in [5, 5.41) is 12.9. The smallest absolute Gasteiger partial charge is 0.262 e. The summed E-state index contributed by atoms with van der Waals surface area (Å²) in [5.74, 6) is 0.274. The van der Waals surface area contributed by atoms with Crippen LogP contribution in [0.3, 0.4) is 0 Å². The van der Waals surface area contributed by atoms with Crippen LogP contribution in [0.25, 0.3) is 0 Å². The minimum atomic E-state index is -0.463. The molecule has 0 radical (unpaired) electrons. The number of carbonyl (C=O) groups is 2. The van der Waals surface area contributed by atoms with Crippen molar-refractivity contribution >= 4 is 17.5 Å². The van der Waals surface area contributed by atoms with E-state index in [2.05, 4.69) is 5.32 Å². The van der Waals surface area contributed by atoms with E-state index in [0.29, 0.717) is 17.0 Å². The first-order valence-corrected chi connectivity index (χ1v) is 9.00. The molecule has 0 heterocycles. The lowest BCUT2D eigenvalue weighted by molar-refractivity contribution is -0.118. The van der Waals surface area contributed by atoms with Gasteiger partial charge in [0.05, 0.1) is 6.10 Å². The second kappa shape index (κ2) is 8.22. The highest BCUT2D eigenvalue weighted by atomic mass is 16.5. The molecule has 0 aliphatic heterocycles. The largest absolute Gasteiger partial charge is 0.483 e. The average Bonchev–Trinajstić information content (AvgIpc) is 2.67. The van der Waals surface area contributed by atoms with Gasteiger partial charge in [-0.3, -0.25) is 9.59 Å². The van der Waals surface area contributed by atoms with Crippen LogP contribution in [0.15, 0.2) is 42.5 Å². The van der Waals surface area contributed by atoms with Crippen molar-refractivity contribution in [3.8, 4) is 5.75 Å². The first kappa shape index (κ1) is 18.9. The Morgan fingerprint density at radius 1 is 1.19 bits per heavy atom. The molecule has 0 saturated heterocycles. The van der Waals surface area contributed by atoms with E-state index >= 15 is 0 Å². The van der Waals surface area contributed by atoms with Gasteiger partial charge in [0, 0.05) is 25.3 Å². The Hall–Kier alpha value is -2.86. The minimum Gasteiger partial charge on any atom is -0.483 e. The fourth-order valence-electron chi connectivity index (χ4n) is 3.22. The normalized spacial score (nSPS) is 15.6. The molecule has 0 saturated carbocycles. The van der Waals surface area contributed by atoms with Gasteiger partial charge in [-0.15, -0.1) is 0 Å². The molecule has 142 valence electrons. The summed E-state index contributed by atoms with van der Waals surface area (Å²) < 4.78 is 5.70. The van der Waals surface area contributed by atoms with Crippen LogP contribution < -0.4 is 10.1 Å². The molecular formula is C21H24N2O4. The number of nitrogens with one attached hydrogen (secondary N) is 1. The van der Waals surface area contributed by atoms with Crippen molar-refractivity contribution in [2.45, 2.75) is 25.4 Å². The predicted molar refractivity (Wildman–Crippen MR) is 103 cm³/mol. The summed E-state index contributed by atoms with van der Waals surface area (Å²) in [6, 6.07) is 12.3. The first-order valence-electron chi connectivity index (χ1n) is 9.00. The highest BCUT2D eigenvalue weighted by Crippen LogP contribution is 2.35. The van der Waals surface area contributed by atoms with Crippen molar-refractivity contribution in [2.24, 2.45) is 0 Å². The van der Waals surface area contributed by atoms with Crippen LogP contribution in [-0.2, 0) is 11.2 Å². The molecule has 1 aliphatic rings. The lowest BCUT2D eigenvalue weighted by Crippen LogP contribution is -2.22. The quantitative estimate of drug-likeness (QED) is 0.851. The van der Waals surface area contributed by atoms with Crippen LogP contribution in [0.4, 0.5) is 5.69 Å². The van der Waals surface area contributed by atoms with Crippen LogP contribution in [0.2, 0.25) is 0 Å². The SMILES string of the molecule is CN(C)C(=O)c1ccc(NC(=O)COc2cccc3c2CCCC3O)cc1. The summed E-state index contributed by atoms with van der Waals surface area (Å²) in [7, 11) is 3.38. The summed E-state index contributed by atoms with van der Waals surface area (Å²) >= 11 is 0. The Morgan fingerprint density at radius 2 is 1.93 bits per heavy atom. The third kappa shape index (κ3) is 4.46. The Kier molecular flexibility index (Phi) is 5.76. The summed E-state index contributed by atoms with van der Waals surface area (Å²) in [6.07, 6.45) is 2.03. The molecule has 6 nitrogen and oxygen atoms in total. The molecule has 1 atom stereocenters. The monoisotopic (exact) mass is 368 g/mol. The van der Waals surface area contributed by atoms with Crippen LogP contribution in [0, 0.1) is 0 Å². The third-order valence-electron chi connectivity index (χ3n) is 4.61. The van der Waals surface area contributed by atoms with E-state index in [-0.39, 0.29) is 18.4 Å². The van der Waals surface area contributed by atoms with Crippen molar-refractivity contribution in [3.63, 3.8) is 0 Å². The summed E-state index contributed by atoms with van der Waals surface area (Å²) in [6.45, 7) is -0.120. The van der Waals surface area contributed by atoms with Crippen LogP contribution >= 0.6 is 0 Å². The van der Waals surface area contributed by atoms with Crippen molar-refractivity contribution < 1.29 is 19.4 Å². The van der Waals surface area contributed by atoms with E-state index in [9.17, 15) is 14.7 Å². The van der Waals surface area contributed by atoms with Gasteiger partial charge in [0.25, 0.3) is 11.8 Å². The molecule has 1 unspecified atom stereocenters. The topological polar surface area (TPSA) is 78.9 Å². The molecule has 2 aromatic rings. The summed E-state index contributed by atoms with van der Waals surface area (Å²) in [4.78, 5) is 25.6. The number of rotatable bonds is 5. The highest BCUT2D eigenvalue weighted by molar-refractivity contribution is 5.95. The molecule has 0 fully saturated rings. The van der Waals surface area contributed by atoms with Gasteiger partial charge in [-0.25, -0.2) is 0 Å². The van der Waals surface area contributed by atoms with Crippen molar-refractivity contribution in [2.75, 3.05) is 26.0 Å². The number of aliphatic hydroxyl groups is 1. The number of hydrogen-bond acceptors (Lipinski definition) is 4. The number of aliphatic hydroxyl groups excluding tert-OH is 1. The second-order valence-corrected chi connectivity index (χ2v) is 6.85. The maximum atomic E-state index is 12.2. The lowest BCUT2D eigenvalue weighted by atomic mass is 9.89. The van der Waals surface area contributed by atoms with Crippen LogP contribution in [-0.4, -0.2) is 42.5 Å². The Bertz CT molecular complexity index is 831. The Morgan fingerprint density at radius 3 is 2.63 bits per heavy atom. The number of benzene rings is 2. The molecule has 0 bridgehead atoms. The standard InChI is InChI=1S/C21H24N2O4/c1-23(2)21(26)14-9-11-15(12-10-14)22-20(25)13-27-19-8-4-5-16-17(19)6-3-7-18(16)24/h4-5,8-12,18,24H,3,6-7,13H2,1-2H3,(H,22,25). The molecule has 2 aromatic carbocycles. The Balaban J connectivity index is 1.59. The predicted octanol–water partition coefficient (Wildman–Crippen LogP) is 2.78. The van der Waals surface area contributed by atoms with Gasteiger partial charge in [-0.1, -0.05) is 12.1 Å². The maximum absolute atomic E-state index is 12.2. The van der Waals surface area contributed by atoms with E-state index in [1.807, 2.05) is 18.2 Å². The van der Waals surface area contributed by atoms with Crippen LogP contribution in [0.1, 0.15) is 40.4 Å². The maximum Gasteiger partial charge on any atom is 0.262 e. The van der Waals surface area contributed by atoms with Gasteiger partial charge >= 0.3 is 0 Å². The Labute approximate surface area is 158 Å². The molecule has 6 heteroatoms. The van der Waals surface area contributed by atoms with Crippen molar-refractivity contribution in [1.29, 1.82) is 0 Å². The van der Waals surface area contributed by atoms with Gasteiger partial charge in [-0.2, -0.15) is 0 Å². The zero-order chi connectivity index (χ0) is 19.4. The summed E-state index contributed by atoms with van der Waals surface area (Å²) in [5.41, 5.74) is 3.03. The molecule has 2 amide bonds. The molecule has 2 N–H and O–H groups in total. The third-order valence-corrected chi connectivity index (χ3v) is 4.61. The van der Waals surface area contributed by atoms with Gasteiger partial charge in [0.15, 0.2) is 6.61 Å². The number of amides is 2. The fourth-order valence-corrected chi connectivity index (χ4v) is 3.22. The van der Waals surface area contributed by atoms with E-state index in [1.165, 1.54) is 4.90 Å². The number of hydrogen-bond donors (Lipinski definition) is 2. The van der Waals surface area contributed by atoms with Gasteiger partial charge in [0.2, 0.25) is 0 Å². The highest BCUT2D eigenvalue weighted by Gasteiger charge is 2.21. The fraction of sp³-hybridized carbons (Fsp3) is 0.333. The zero-order valence-electron chi connectivity index (χ0n) is 15.6. The number of ether oxygens (including phenoxy) is 1. The zero-order valence-corrected chi connectivity index (χ0v) is 15.6. The molecule has 3 rings (SSSR count). The molecule has 0 spiro atoms. The average molecular weight is 368 g/mol. The van der Waals surface area contributed by atoms with Crippen molar-refractivity contribution in [3.05, 3.63) is 59.2 Å². The first-order chi connectivity index (χ1) is 13.0. The van der Waals surface area contributed by atoms with Gasteiger partial charge < -0.3 is 20.1 Å². The lowest BCUT2D eigenvalue weighted by Gasteiger charge is -2.23. The molecule has 0 aromatic heterocycles. The molecule has 1 aliphatic carbocycles. The van der Waals surface area contributed by atoms with E-state index < -0.39 is 6.10 Å². The number of carbonyl (C=O) groups excluding carboxylic acids is 2. The molecular weight excluding hydrogens is 344 g/mol. The van der Waals surface area contributed by atoms with E-state index in [0.717, 1.165) is 30.4 Å². The number of fused-ring (bicyclic) bond motifs is 1. The second-order valence-electron chi connectivity index (χ2n) is 6.85. The van der Waals surface area contributed by atoms with Crippen molar-refractivity contribution in [1.82, 2.24) is 4.90 Å². The minimum absolute atomic E-state index is 0.0905. The van der Waals surface area contributed by atoms with Gasteiger partial charge in [-0.05, 0) is 60.7 Å². The van der Waals surface area contributed by atoms with Gasteiger partial charge in [0.1, 0.15) is 5.75 Å². The molecule has 27 heavy (non-hydrogen) atoms.